The molecule has 48 heavy (non-hydrogen) atoms. The molecular weight excluding hydrogens is 672 g/mol. The lowest BCUT2D eigenvalue weighted by molar-refractivity contribution is -0.247. The third kappa shape index (κ3) is 6.83. The summed E-state index contributed by atoms with van der Waals surface area (Å²) in [6.07, 6.45) is -10.4. The SMILES string of the molecule is CC(C)(C)c1ccc(S(OS(=O)(=O)C(F)(F)C(OC(=O)c2ccc3ccccc3c2)C(F)(F)F)(c2ccccc2)c2ccccc2)cc1. The van der Waals surface area contributed by atoms with Crippen LogP contribution >= 0.6 is 10.3 Å². The fourth-order valence-corrected chi connectivity index (χ4v) is 10.3. The number of halogens is 5. The maximum Gasteiger partial charge on any atom is 0.432 e. The Bertz CT molecular complexity index is 1970. The van der Waals surface area contributed by atoms with Crippen LogP contribution in [0.25, 0.3) is 10.8 Å². The van der Waals surface area contributed by atoms with Crippen molar-refractivity contribution in [1.82, 2.24) is 0 Å². The number of rotatable bonds is 9. The molecule has 0 aromatic heterocycles. The van der Waals surface area contributed by atoms with Gasteiger partial charge in [-0.3, -0.25) is 0 Å². The molecule has 0 saturated carbocycles. The van der Waals surface area contributed by atoms with Crippen molar-refractivity contribution in [2.24, 2.45) is 0 Å². The summed E-state index contributed by atoms with van der Waals surface area (Å²) >= 11 is 0. The van der Waals surface area contributed by atoms with Gasteiger partial charge in [0.25, 0.3) is 6.10 Å². The van der Waals surface area contributed by atoms with Crippen LogP contribution in [0.2, 0.25) is 0 Å². The van der Waals surface area contributed by atoms with Crippen molar-refractivity contribution in [1.29, 1.82) is 0 Å². The second-order valence-electron chi connectivity index (χ2n) is 11.9. The van der Waals surface area contributed by atoms with E-state index in [4.69, 9.17) is 3.63 Å². The molecule has 0 fully saturated rings. The summed E-state index contributed by atoms with van der Waals surface area (Å²) in [5.74, 6) is -1.79. The van der Waals surface area contributed by atoms with Gasteiger partial charge in [0.15, 0.2) is 0 Å². The van der Waals surface area contributed by atoms with Crippen molar-refractivity contribution in [3.8, 4) is 0 Å². The van der Waals surface area contributed by atoms with E-state index >= 15 is 8.78 Å². The predicted octanol–water partition coefficient (Wildman–Crippen LogP) is 10.1. The van der Waals surface area contributed by atoms with E-state index in [1.807, 2.05) is 20.8 Å². The zero-order valence-corrected chi connectivity index (χ0v) is 27.6. The van der Waals surface area contributed by atoms with Crippen LogP contribution in [0.1, 0.15) is 36.7 Å². The molecule has 0 spiro atoms. The normalized spacial score (nSPS) is 14.0. The Morgan fingerprint density at radius 2 is 1.10 bits per heavy atom. The number of carbonyl (C=O) groups is 1. The number of esters is 1. The van der Waals surface area contributed by atoms with E-state index in [1.165, 1.54) is 66.7 Å². The Morgan fingerprint density at radius 1 is 0.625 bits per heavy atom. The van der Waals surface area contributed by atoms with Crippen molar-refractivity contribution >= 4 is 37.2 Å². The number of ether oxygens (including phenoxy) is 1. The molecule has 0 N–H and O–H groups in total. The van der Waals surface area contributed by atoms with Crippen LogP contribution < -0.4 is 0 Å². The minimum absolute atomic E-state index is 0.121. The van der Waals surface area contributed by atoms with Gasteiger partial charge in [-0.1, -0.05) is 99.6 Å². The number of fused-ring (bicyclic) bond motifs is 1. The van der Waals surface area contributed by atoms with Gasteiger partial charge in [-0.25, -0.2) is 8.42 Å². The summed E-state index contributed by atoms with van der Waals surface area (Å²) in [5.41, 5.74) is 0.00122. The summed E-state index contributed by atoms with van der Waals surface area (Å²) in [7, 11) is -10.2. The Labute approximate surface area is 277 Å². The molecule has 0 radical (unpaired) electrons. The van der Waals surface area contributed by atoms with E-state index in [0.29, 0.717) is 10.8 Å². The van der Waals surface area contributed by atoms with E-state index < -0.39 is 49.5 Å². The standard InChI is InChI=1S/C36H31F5O5S2/c1-34(2,3)28-20-22-31(23-21-28)47(29-14-6-4-7-15-29,30-16-8-5-9-17-30)46-48(43,44)36(40,41)33(35(37,38)39)45-32(42)27-19-18-25-12-10-11-13-26(25)24-27/h4-24,33H,1-3H3. The van der Waals surface area contributed by atoms with Gasteiger partial charge in [-0.05, 0) is 80.6 Å². The van der Waals surface area contributed by atoms with E-state index in [1.54, 1.807) is 48.5 Å². The zero-order valence-electron chi connectivity index (χ0n) is 25.9. The highest BCUT2D eigenvalue weighted by molar-refractivity contribution is 8.33. The van der Waals surface area contributed by atoms with Crippen molar-refractivity contribution in [2.45, 2.75) is 58.4 Å². The maximum atomic E-state index is 16.1. The fourth-order valence-electron chi connectivity index (χ4n) is 5.03. The topological polar surface area (TPSA) is 69.7 Å². The zero-order chi connectivity index (χ0) is 35.0. The van der Waals surface area contributed by atoms with Crippen molar-refractivity contribution in [3.05, 3.63) is 139 Å². The minimum Gasteiger partial charge on any atom is -0.441 e. The lowest BCUT2D eigenvalue weighted by Gasteiger charge is -2.41. The summed E-state index contributed by atoms with van der Waals surface area (Å²) in [5, 5.41) is -4.74. The van der Waals surface area contributed by atoms with Crippen LogP contribution in [0.5, 0.6) is 0 Å². The molecule has 5 aromatic rings. The smallest absolute Gasteiger partial charge is 0.432 e. The molecule has 1 unspecified atom stereocenters. The second-order valence-corrected chi connectivity index (χ2v) is 16.5. The third-order valence-corrected chi connectivity index (χ3v) is 12.8. The summed E-state index contributed by atoms with van der Waals surface area (Å²) in [6.45, 7) is 5.82. The van der Waals surface area contributed by atoms with Crippen LogP contribution in [0.3, 0.4) is 0 Å². The number of hydrogen-bond donors (Lipinski definition) is 0. The lowest BCUT2D eigenvalue weighted by Crippen LogP contribution is -2.52. The van der Waals surface area contributed by atoms with Gasteiger partial charge in [0.2, 0.25) is 0 Å². The van der Waals surface area contributed by atoms with E-state index in [0.717, 1.165) is 17.7 Å². The lowest BCUT2D eigenvalue weighted by atomic mass is 9.87. The molecule has 5 nitrogen and oxygen atoms in total. The molecule has 1 atom stereocenters. The number of hydrogen-bond acceptors (Lipinski definition) is 5. The number of alkyl halides is 5. The van der Waals surface area contributed by atoms with Crippen molar-refractivity contribution in [2.75, 3.05) is 0 Å². The molecule has 0 saturated heterocycles. The molecule has 0 amide bonds. The Morgan fingerprint density at radius 3 is 1.60 bits per heavy atom. The van der Waals surface area contributed by atoms with E-state index in [2.05, 4.69) is 4.74 Å². The number of benzene rings is 5. The molecule has 0 aliphatic carbocycles. The second kappa shape index (κ2) is 13.0. The molecule has 5 aromatic carbocycles. The molecular formula is C36H31F5O5S2. The highest BCUT2D eigenvalue weighted by atomic mass is 32.3. The van der Waals surface area contributed by atoms with Crippen molar-refractivity contribution < 1.29 is 43.5 Å². The Kier molecular flexibility index (Phi) is 9.48. The van der Waals surface area contributed by atoms with Crippen LogP contribution in [-0.2, 0) is 23.9 Å². The molecule has 5 rings (SSSR count). The maximum absolute atomic E-state index is 16.1. The van der Waals surface area contributed by atoms with Gasteiger partial charge in [0, 0.05) is 14.7 Å². The third-order valence-electron chi connectivity index (χ3n) is 7.54. The van der Waals surface area contributed by atoms with Gasteiger partial charge in [-0.2, -0.15) is 30.4 Å². The molecule has 252 valence electrons. The Balaban J connectivity index is 1.64. The van der Waals surface area contributed by atoms with Gasteiger partial charge in [-0.15, -0.1) is 0 Å². The van der Waals surface area contributed by atoms with Crippen LogP contribution in [-0.4, -0.2) is 31.9 Å². The quantitative estimate of drug-likeness (QED) is 0.113. The van der Waals surface area contributed by atoms with Crippen molar-refractivity contribution in [3.63, 3.8) is 0 Å². The van der Waals surface area contributed by atoms with Crippen LogP contribution in [0, 0.1) is 0 Å². The van der Waals surface area contributed by atoms with Gasteiger partial charge >= 0.3 is 27.5 Å². The van der Waals surface area contributed by atoms with Gasteiger partial charge in [0.1, 0.15) is 0 Å². The Hall–Kier alpha value is -4.26. The van der Waals surface area contributed by atoms with Crippen LogP contribution in [0.15, 0.2) is 142 Å². The van der Waals surface area contributed by atoms with E-state index in [9.17, 15) is 26.4 Å². The number of carbonyl (C=O) groups excluding carboxylic acids is 1. The first-order chi connectivity index (χ1) is 22.5. The highest BCUT2D eigenvalue weighted by Crippen LogP contribution is 2.70. The molecule has 12 heteroatoms. The van der Waals surface area contributed by atoms with Gasteiger partial charge in [0.05, 0.1) is 5.56 Å². The van der Waals surface area contributed by atoms with E-state index in [-0.39, 0.29) is 20.1 Å². The predicted molar refractivity (Wildman–Crippen MR) is 175 cm³/mol. The first kappa shape index (κ1) is 35.1. The summed E-state index contributed by atoms with van der Waals surface area (Å²) in [6, 6.07) is 31.7. The molecule has 0 bridgehead atoms. The molecule has 0 heterocycles. The minimum atomic E-state index is -6.54. The fraction of sp³-hybridized carbons (Fsp3) is 0.194. The molecule has 0 aliphatic rings. The average molecular weight is 703 g/mol. The summed E-state index contributed by atoms with van der Waals surface area (Å²) in [4.78, 5) is 13.3. The first-order valence-electron chi connectivity index (χ1n) is 14.6. The summed E-state index contributed by atoms with van der Waals surface area (Å²) < 4.78 is 113. The average Bonchev–Trinajstić information content (AvgIpc) is 3.05. The van der Waals surface area contributed by atoms with Crippen LogP contribution in [0.4, 0.5) is 22.0 Å². The first-order valence-corrected chi connectivity index (χ1v) is 17.6. The van der Waals surface area contributed by atoms with Gasteiger partial charge < -0.3 is 4.74 Å². The largest absolute Gasteiger partial charge is 0.441 e. The monoisotopic (exact) mass is 702 g/mol. The molecule has 0 aliphatic heterocycles. The highest BCUT2D eigenvalue weighted by Gasteiger charge is 2.68.